The molecule has 6 nitrogen and oxygen atoms in total. The molecule has 1 N–H and O–H groups in total. The molecule has 0 saturated heterocycles. The van der Waals surface area contributed by atoms with E-state index < -0.39 is 0 Å². The normalized spacial score (nSPS) is 11.3. The Bertz CT molecular complexity index is 801. The van der Waals surface area contributed by atoms with E-state index in [4.69, 9.17) is 11.6 Å². The first-order valence-corrected chi connectivity index (χ1v) is 8.33. The Kier molecular flexibility index (Phi) is 4.90. The zero-order valence-electron chi connectivity index (χ0n) is 12.6. The van der Waals surface area contributed by atoms with Crippen molar-refractivity contribution in [3.8, 4) is 0 Å². The molecule has 23 heavy (non-hydrogen) atoms. The summed E-state index contributed by atoms with van der Waals surface area (Å²) in [7, 11) is 1.88. The summed E-state index contributed by atoms with van der Waals surface area (Å²) in [5.41, 5.74) is 1.87. The van der Waals surface area contributed by atoms with Crippen molar-refractivity contribution in [3.05, 3.63) is 52.5 Å². The maximum Gasteiger partial charge on any atom is 0.234 e. The highest BCUT2D eigenvalue weighted by Crippen LogP contribution is 2.22. The number of carbonyl (C=O) groups excluding carboxylic acids is 1. The van der Waals surface area contributed by atoms with Crippen LogP contribution in [0.1, 0.15) is 11.3 Å². The molecule has 0 atom stereocenters. The molecule has 0 aliphatic heterocycles. The second kappa shape index (κ2) is 7.08. The van der Waals surface area contributed by atoms with Crippen LogP contribution in [-0.2, 0) is 17.9 Å². The fourth-order valence-electron chi connectivity index (χ4n) is 2.26. The minimum atomic E-state index is -0.0430. The minimum Gasteiger partial charge on any atom is -0.351 e. The van der Waals surface area contributed by atoms with Crippen molar-refractivity contribution < 1.29 is 4.79 Å². The van der Waals surface area contributed by atoms with Crippen LogP contribution in [0.15, 0.2) is 36.1 Å². The van der Waals surface area contributed by atoms with Gasteiger partial charge in [0.2, 0.25) is 5.91 Å². The lowest BCUT2D eigenvalue weighted by Gasteiger charge is -2.16. The van der Waals surface area contributed by atoms with Crippen LogP contribution >= 0.6 is 22.9 Å². The van der Waals surface area contributed by atoms with Gasteiger partial charge in [-0.05, 0) is 18.7 Å². The van der Waals surface area contributed by atoms with Crippen LogP contribution in [-0.4, -0.2) is 38.8 Å². The Balaban J connectivity index is 1.54. The molecule has 8 heteroatoms. The maximum absolute atomic E-state index is 12.0. The molecule has 0 aliphatic rings. The molecule has 0 aliphatic carbocycles. The zero-order valence-corrected chi connectivity index (χ0v) is 14.1. The highest BCUT2D eigenvalue weighted by atomic mass is 35.5. The van der Waals surface area contributed by atoms with Crippen LogP contribution in [0.4, 0.5) is 0 Å². The summed E-state index contributed by atoms with van der Waals surface area (Å²) in [4.78, 5) is 23.1. The van der Waals surface area contributed by atoms with Gasteiger partial charge in [-0.3, -0.25) is 19.1 Å². The van der Waals surface area contributed by atoms with E-state index in [2.05, 4.69) is 15.3 Å². The third-order valence-corrected chi connectivity index (χ3v) is 4.42. The monoisotopic (exact) mass is 349 g/mol. The fraction of sp³-hybridized carbons (Fsp3) is 0.267. The molecule has 3 aromatic rings. The molecule has 0 bridgehead atoms. The molecule has 0 aromatic carbocycles. The predicted octanol–water partition coefficient (Wildman–Crippen LogP) is 2.19. The molecule has 0 unspecified atom stereocenters. The summed E-state index contributed by atoms with van der Waals surface area (Å²) in [6.45, 7) is 1.31. The summed E-state index contributed by atoms with van der Waals surface area (Å²) in [5, 5.41) is 5.33. The summed E-state index contributed by atoms with van der Waals surface area (Å²) in [5.74, 6) is -0.0430. The molecule has 3 heterocycles. The van der Waals surface area contributed by atoms with Crippen molar-refractivity contribution in [1.82, 2.24) is 24.6 Å². The van der Waals surface area contributed by atoms with Crippen molar-refractivity contribution in [2.24, 2.45) is 0 Å². The van der Waals surface area contributed by atoms with Gasteiger partial charge in [-0.15, -0.1) is 11.3 Å². The van der Waals surface area contributed by atoms with Crippen molar-refractivity contribution in [2.45, 2.75) is 13.1 Å². The Morgan fingerprint density at radius 3 is 3.17 bits per heavy atom. The first-order valence-electron chi connectivity index (χ1n) is 7.07. The molecule has 0 saturated carbocycles. The number of nitrogens with one attached hydrogen (secondary N) is 1. The minimum absolute atomic E-state index is 0.0430. The predicted molar refractivity (Wildman–Crippen MR) is 90.5 cm³/mol. The highest BCUT2D eigenvalue weighted by Gasteiger charge is 2.14. The van der Waals surface area contributed by atoms with Crippen LogP contribution in [0, 0.1) is 0 Å². The average molecular weight is 350 g/mol. The van der Waals surface area contributed by atoms with E-state index >= 15 is 0 Å². The van der Waals surface area contributed by atoms with E-state index in [1.54, 1.807) is 12.4 Å². The molecule has 120 valence electrons. The van der Waals surface area contributed by atoms with Crippen LogP contribution < -0.4 is 5.32 Å². The topological polar surface area (TPSA) is 62.5 Å². The van der Waals surface area contributed by atoms with Gasteiger partial charge in [-0.1, -0.05) is 17.7 Å². The van der Waals surface area contributed by atoms with E-state index in [-0.39, 0.29) is 12.5 Å². The maximum atomic E-state index is 12.0. The lowest BCUT2D eigenvalue weighted by atomic mass is 10.3. The van der Waals surface area contributed by atoms with Crippen molar-refractivity contribution >= 4 is 33.8 Å². The Labute approximate surface area is 142 Å². The number of amides is 1. The van der Waals surface area contributed by atoms with E-state index in [9.17, 15) is 4.79 Å². The third kappa shape index (κ3) is 3.87. The van der Waals surface area contributed by atoms with Crippen LogP contribution in [0.3, 0.4) is 0 Å². The number of halogens is 1. The number of pyridine rings is 1. The van der Waals surface area contributed by atoms with Crippen LogP contribution in [0.25, 0.3) is 4.96 Å². The standard InChI is InChI=1S/C15H16ClN5OS/c1-20(9-12-14(16)19-15-21(12)5-6-23-15)10-13(22)18-8-11-3-2-4-17-7-11/h2-7H,8-10H2,1H3,(H,18,22). The van der Waals surface area contributed by atoms with Crippen LogP contribution in [0.2, 0.25) is 5.15 Å². The fourth-order valence-corrected chi connectivity index (χ4v) is 3.28. The largest absolute Gasteiger partial charge is 0.351 e. The molecular formula is C15H16ClN5OS. The van der Waals surface area contributed by atoms with Crippen LogP contribution in [0.5, 0.6) is 0 Å². The van der Waals surface area contributed by atoms with Gasteiger partial charge in [0.15, 0.2) is 10.1 Å². The second-order valence-corrected chi connectivity index (χ2v) is 6.45. The smallest absolute Gasteiger partial charge is 0.234 e. The first-order chi connectivity index (χ1) is 11.1. The molecule has 0 spiro atoms. The SMILES string of the molecule is CN(CC(=O)NCc1cccnc1)Cc1c(Cl)nc2sccn12. The number of rotatable bonds is 6. The third-order valence-electron chi connectivity index (χ3n) is 3.36. The van der Waals surface area contributed by atoms with Gasteiger partial charge >= 0.3 is 0 Å². The molecule has 3 aromatic heterocycles. The van der Waals surface area contributed by atoms with Crippen molar-refractivity contribution in [3.63, 3.8) is 0 Å². The number of fused-ring (bicyclic) bond motifs is 1. The highest BCUT2D eigenvalue weighted by molar-refractivity contribution is 7.15. The number of thiazole rings is 1. The van der Waals surface area contributed by atoms with Gasteiger partial charge in [0, 0.05) is 37.1 Å². The van der Waals surface area contributed by atoms with Gasteiger partial charge in [-0.25, -0.2) is 4.98 Å². The number of aromatic nitrogens is 3. The van der Waals surface area contributed by atoms with Gasteiger partial charge in [0.1, 0.15) is 0 Å². The van der Waals surface area contributed by atoms with Gasteiger partial charge < -0.3 is 5.32 Å². The Morgan fingerprint density at radius 2 is 2.39 bits per heavy atom. The Hall–Kier alpha value is -1.96. The molecule has 1 amide bonds. The number of nitrogens with zero attached hydrogens (tertiary/aromatic N) is 4. The Morgan fingerprint density at radius 1 is 1.52 bits per heavy atom. The molecule has 3 rings (SSSR count). The average Bonchev–Trinajstić information content (AvgIpc) is 3.09. The zero-order chi connectivity index (χ0) is 16.2. The van der Waals surface area contributed by atoms with Crippen molar-refractivity contribution in [2.75, 3.05) is 13.6 Å². The van der Waals surface area contributed by atoms with E-state index in [1.165, 1.54) is 11.3 Å². The molecule has 0 radical (unpaired) electrons. The summed E-state index contributed by atoms with van der Waals surface area (Å²) in [6, 6.07) is 3.78. The quantitative estimate of drug-likeness (QED) is 0.741. The van der Waals surface area contributed by atoms with E-state index in [1.807, 2.05) is 40.1 Å². The lowest BCUT2D eigenvalue weighted by molar-refractivity contribution is -0.122. The summed E-state index contributed by atoms with van der Waals surface area (Å²) in [6.07, 6.45) is 5.38. The first kappa shape index (κ1) is 15.9. The van der Waals surface area contributed by atoms with Gasteiger partial charge in [-0.2, -0.15) is 0 Å². The summed E-state index contributed by atoms with van der Waals surface area (Å²) >= 11 is 7.70. The lowest BCUT2D eigenvalue weighted by Crippen LogP contribution is -2.34. The van der Waals surface area contributed by atoms with E-state index in [0.29, 0.717) is 18.2 Å². The second-order valence-electron chi connectivity index (χ2n) is 5.22. The number of hydrogen-bond acceptors (Lipinski definition) is 5. The molecule has 0 fully saturated rings. The van der Waals surface area contributed by atoms with Crippen molar-refractivity contribution in [1.29, 1.82) is 0 Å². The number of carbonyl (C=O) groups is 1. The number of likely N-dealkylation sites (N-methyl/N-ethyl adjacent to an activating group) is 1. The summed E-state index contributed by atoms with van der Waals surface area (Å²) < 4.78 is 1.96. The number of hydrogen-bond donors (Lipinski definition) is 1. The number of imidazole rings is 1. The van der Waals surface area contributed by atoms with E-state index in [0.717, 1.165) is 16.2 Å². The van der Waals surface area contributed by atoms with Gasteiger partial charge in [0.25, 0.3) is 0 Å². The molecular weight excluding hydrogens is 334 g/mol. The van der Waals surface area contributed by atoms with Gasteiger partial charge in [0.05, 0.1) is 12.2 Å².